The van der Waals surface area contributed by atoms with Crippen LogP contribution in [0.15, 0.2) is 0 Å². The third kappa shape index (κ3) is 3.75. The van der Waals surface area contributed by atoms with E-state index in [0.717, 1.165) is 26.2 Å². The molecule has 110 valence electrons. The topological polar surface area (TPSA) is 94.6 Å². The predicted molar refractivity (Wildman–Crippen MR) is 76.1 cm³/mol. The summed E-state index contributed by atoms with van der Waals surface area (Å²) in [6, 6.07) is 0. The summed E-state index contributed by atoms with van der Waals surface area (Å²) in [6.45, 7) is 5.87. The van der Waals surface area contributed by atoms with Crippen LogP contribution in [0.3, 0.4) is 0 Å². The molecule has 0 radical (unpaired) electrons. The molecule has 2 rings (SSSR count). The van der Waals surface area contributed by atoms with E-state index < -0.39 is 5.97 Å². The number of carboxylic acids is 1. The van der Waals surface area contributed by atoms with Gasteiger partial charge in [0.25, 0.3) is 0 Å². The molecule has 1 aliphatic heterocycles. The monoisotopic (exact) mass is 298 g/mol. The Balaban J connectivity index is 2.12. The van der Waals surface area contributed by atoms with Crippen molar-refractivity contribution >= 4 is 28.3 Å². The van der Waals surface area contributed by atoms with Crippen LogP contribution in [-0.2, 0) is 11.3 Å². The average molecular weight is 298 g/mol. The summed E-state index contributed by atoms with van der Waals surface area (Å²) < 4.78 is 0. The van der Waals surface area contributed by atoms with E-state index in [-0.39, 0.29) is 11.6 Å². The van der Waals surface area contributed by atoms with Crippen molar-refractivity contribution in [3.05, 3.63) is 10.6 Å². The maximum atomic E-state index is 11.4. The van der Waals surface area contributed by atoms with Crippen molar-refractivity contribution in [3.63, 3.8) is 0 Å². The maximum Gasteiger partial charge on any atom is 0.355 e. The van der Waals surface area contributed by atoms with Crippen LogP contribution in [0.25, 0.3) is 0 Å². The van der Waals surface area contributed by atoms with Crippen molar-refractivity contribution < 1.29 is 14.7 Å². The van der Waals surface area contributed by atoms with Gasteiger partial charge in [-0.2, -0.15) is 0 Å². The molecule has 8 heteroatoms. The number of carboxylic acid groups (broad SMARTS) is 1. The number of carbonyl (C=O) groups excluding carboxylic acids is 1. The second kappa shape index (κ2) is 6.78. The highest BCUT2D eigenvalue weighted by atomic mass is 32.1. The fourth-order valence-electron chi connectivity index (χ4n) is 1.96. The second-order valence-electron chi connectivity index (χ2n) is 4.52. The van der Waals surface area contributed by atoms with Gasteiger partial charge in [0.05, 0.1) is 4.88 Å². The fourth-order valence-corrected chi connectivity index (χ4v) is 2.97. The quantitative estimate of drug-likeness (QED) is 0.737. The first-order chi connectivity index (χ1) is 9.60. The number of thiazole rings is 1. The summed E-state index contributed by atoms with van der Waals surface area (Å²) in [5.41, 5.74) is 0.0416. The van der Waals surface area contributed by atoms with Gasteiger partial charge in [0.2, 0.25) is 5.91 Å². The van der Waals surface area contributed by atoms with Crippen LogP contribution >= 0.6 is 11.3 Å². The Morgan fingerprint density at radius 1 is 1.45 bits per heavy atom. The number of anilines is 1. The SMILES string of the molecule is CCC(=O)Nc1nc(C(=O)O)c(CN2CCNCC2)s1. The minimum absolute atomic E-state index is 0.0416. The molecule has 0 spiro atoms. The van der Waals surface area contributed by atoms with Gasteiger partial charge in [0.15, 0.2) is 10.8 Å². The second-order valence-corrected chi connectivity index (χ2v) is 5.61. The van der Waals surface area contributed by atoms with Gasteiger partial charge in [0.1, 0.15) is 0 Å². The van der Waals surface area contributed by atoms with Crippen molar-refractivity contribution in [1.29, 1.82) is 0 Å². The van der Waals surface area contributed by atoms with Crippen molar-refractivity contribution in [2.24, 2.45) is 0 Å². The lowest BCUT2D eigenvalue weighted by atomic mass is 10.3. The molecule has 2 heterocycles. The summed E-state index contributed by atoms with van der Waals surface area (Å²) in [5.74, 6) is -1.22. The van der Waals surface area contributed by atoms with Crippen LogP contribution in [0.5, 0.6) is 0 Å². The number of hydrogen-bond acceptors (Lipinski definition) is 6. The van der Waals surface area contributed by atoms with Crippen LogP contribution in [0, 0.1) is 0 Å². The summed E-state index contributed by atoms with van der Waals surface area (Å²) >= 11 is 1.24. The van der Waals surface area contributed by atoms with Gasteiger partial charge in [-0.3, -0.25) is 9.69 Å². The number of amides is 1. The normalized spacial score (nSPS) is 16.1. The number of carbonyl (C=O) groups is 2. The number of aromatic nitrogens is 1. The Kier molecular flexibility index (Phi) is 5.05. The number of piperazine rings is 1. The molecule has 3 N–H and O–H groups in total. The molecule has 1 saturated heterocycles. The van der Waals surface area contributed by atoms with E-state index in [1.54, 1.807) is 6.92 Å². The molecule has 1 aromatic rings. The number of rotatable bonds is 5. The Bertz CT molecular complexity index is 497. The molecule has 1 aromatic heterocycles. The molecular weight excluding hydrogens is 280 g/mol. The molecule has 0 aliphatic carbocycles. The van der Waals surface area contributed by atoms with E-state index in [1.165, 1.54) is 11.3 Å². The molecule has 0 saturated carbocycles. The van der Waals surface area contributed by atoms with E-state index in [9.17, 15) is 14.7 Å². The zero-order chi connectivity index (χ0) is 14.5. The Morgan fingerprint density at radius 3 is 2.75 bits per heavy atom. The zero-order valence-corrected chi connectivity index (χ0v) is 12.1. The van der Waals surface area contributed by atoms with Crippen molar-refractivity contribution in [2.45, 2.75) is 19.9 Å². The summed E-state index contributed by atoms with van der Waals surface area (Å²) in [4.78, 5) is 29.5. The number of nitrogens with zero attached hydrogens (tertiary/aromatic N) is 2. The lowest BCUT2D eigenvalue weighted by Crippen LogP contribution is -2.42. The van der Waals surface area contributed by atoms with Crippen LogP contribution in [-0.4, -0.2) is 53.0 Å². The standard InChI is InChI=1S/C12H18N4O3S/c1-2-9(17)14-12-15-10(11(18)19)8(20-12)7-16-5-3-13-4-6-16/h13H,2-7H2,1H3,(H,18,19)(H,14,15,17). The van der Waals surface area contributed by atoms with Gasteiger partial charge in [-0.15, -0.1) is 0 Å². The fraction of sp³-hybridized carbons (Fsp3) is 0.583. The van der Waals surface area contributed by atoms with Gasteiger partial charge in [-0.05, 0) is 0 Å². The molecule has 0 atom stereocenters. The van der Waals surface area contributed by atoms with Gasteiger partial charge in [-0.25, -0.2) is 9.78 Å². The predicted octanol–water partition coefficient (Wildman–Crippen LogP) is 0.595. The molecule has 0 aromatic carbocycles. The van der Waals surface area contributed by atoms with E-state index in [2.05, 4.69) is 20.5 Å². The van der Waals surface area contributed by atoms with Crippen molar-refractivity contribution in [1.82, 2.24) is 15.2 Å². The van der Waals surface area contributed by atoms with Crippen molar-refractivity contribution in [3.8, 4) is 0 Å². The average Bonchev–Trinajstić information content (AvgIpc) is 2.82. The maximum absolute atomic E-state index is 11.4. The lowest BCUT2D eigenvalue weighted by Gasteiger charge is -2.26. The smallest absolute Gasteiger partial charge is 0.355 e. The number of nitrogens with one attached hydrogen (secondary N) is 2. The molecule has 20 heavy (non-hydrogen) atoms. The third-order valence-corrected chi connectivity index (χ3v) is 4.00. The van der Waals surface area contributed by atoms with E-state index in [1.807, 2.05) is 0 Å². The Morgan fingerprint density at radius 2 is 2.15 bits per heavy atom. The Hall–Kier alpha value is -1.51. The largest absolute Gasteiger partial charge is 0.476 e. The van der Waals surface area contributed by atoms with Gasteiger partial charge in [-0.1, -0.05) is 18.3 Å². The minimum Gasteiger partial charge on any atom is -0.476 e. The third-order valence-electron chi connectivity index (χ3n) is 3.04. The molecule has 0 bridgehead atoms. The summed E-state index contributed by atoms with van der Waals surface area (Å²) in [5, 5.41) is 15.4. The lowest BCUT2D eigenvalue weighted by molar-refractivity contribution is -0.115. The first kappa shape index (κ1) is 14.9. The van der Waals surface area contributed by atoms with E-state index in [4.69, 9.17) is 0 Å². The van der Waals surface area contributed by atoms with Crippen LogP contribution in [0.4, 0.5) is 5.13 Å². The molecule has 7 nitrogen and oxygen atoms in total. The van der Waals surface area contributed by atoms with Gasteiger partial charge >= 0.3 is 5.97 Å². The summed E-state index contributed by atoms with van der Waals surface area (Å²) in [7, 11) is 0. The molecule has 1 aliphatic rings. The van der Waals surface area contributed by atoms with E-state index in [0.29, 0.717) is 23.0 Å². The minimum atomic E-state index is -1.05. The zero-order valence-electron chi connectivity index (χ0n) is 11.3. The number of hydrogen-bond donors (Lipinski definition) is 3. The Labute approximate surface area is 121 Å². The van der Waals surface area contributed by atoms with E-state index >= 15 is 0 Å². The first-order valence-corrected chi connectivity index (χ1v) is 7.37. The van der Waals surface area contributed by atoms with Crippen LogP contribution < -0.4 is 10.6 Å². The molecule has 1 fully saturated rings. The van der Waals surface area contributed by atoms with Gasteiger partial charge in [0, 0.05) is 39.1 Å². The van der Waals surface area contributed by atoms with Crippen LogP contribution in [0.1, 0.15) is 28.7 Å². The molecule has 0 unspecified atom stereocenters. The number of aromatic carboxylic acids is 1. The van der Waals surface area contributed by atoms with Gasteiger partial charge < -0.3 is 15.7 Å². The highest BCUT2D eigenvalue weighted by molar-refractivity contribution is 7.16. The molecular formula is C12H18N4O3S. The molecule has 1 amide bonds. The summed E-state index contributed by atoms with van der Waals surface area (Å²) in [6.07, 6.45) is 0.342. The van der Waals surface area contributed by atoms with Crippen molar-refractivity contribution in [2.75, 3.05) is 31.5 Å². The first-order valence-electron chi connectivity index (χ1n) is 6.56. The van der Waals surface area contributed by atoms with Crippen LogP contribution in [0.2, 0.25) is 0 Å². The highest BCUT2D eigenvalue weighted by Gasteiger charge is 2.21. The highest BCUT2D eigenvalue weighted by Crippen LogP contribution is 2.25.